The number of aromatic amines is 1. The number of anilines is 2. The number of fused-ring (bicyclic) bond motifs is 2. The van der Waals surface area contributed by atoms with E-state index in [1.54, 1.807) is 0 Å². The van der Waals surface area contributed by atoms with Crippen molar-refractivity contribution in [3.63, 3.8) is 0 Å². The summed E-state index contributed by atoms with van der Waals surface area (Å²) >= 11 is 0. The van der Waals surface area contributed by atoms with Crippen LogP contribution in [0.15, 0.2) is 22.6 Å². The van der Waals surface area contributed by atoms with Gasteiger partial charge < -0.3 is 20.9 Å². The van der Waals surface area contributed by atoms with E-state index in [0.717, 1.165) is 23.8 Å². The molecule has 4 aromatic rings. The molecule has 0 saturated carbocycles. The van der Waals surface area contributed by atoms with Crippen molar-refractivity contribution in [1.29, 1.82) is 10.5 Å². The van der Waals surface area contributed by atoms with Crippen molar-refractivity contribution in [2.45, 2.75) is 13.8 Å². The van der Waals surface area contributed by atoms with E-state index in [0.29, 0.717) is 21.9 Å². The molecular formula is C20H18N7O+. The van der Waals surface area contributed by atoms with Crippen LogP contribution in [0.2, 0.25) is 0 Å². The van der Waals surface area contributed by atoms with Crippen LogP contribution in [0.3, 0.4) is 0 Å². The molecule has 0 spiro atoms. The van der Waals surface area contributed by atoms with Gasteiger partial charge in [-0.05, 0) is 19.9 Å². The highest BCUT2D eigenvalue weighted by molar-refractivity contribution is 6.20. The largest absolute Gasteiger partial charge is 0.437 e. The number of nitrogens with two attached hydrogens (primary N) is 2. The smallest absolute Gasteiger partial charge is 0.231 e. The average Bonchev–Trinajstić information content (AvgIpc) is 2.68. The van der Waals surface area contributed by atoms with Crippen LogP contribution < -0.4 is 21.4 Å². The number of H-pyrrole nitrogens is 1. The molecule has 0 aliphatic heterocycles. The third-order valence-electron chi connectivity index (χ3n) is 5.01. The van der Waals surface area contributed by atoms with Gasteiger partial charge >= 0.3 is 0 Å². The molecule has 3 aromatic heterocycles. The fourth-order valence-corrected chi connectivity index (χ4v) is 3.66. The Hall–Kier alpha value is -4.04. The molecule has 28 heavy (non-hydrogen) atoms. The van der Waals surface area contributed by atoms with Gasteiger partial charge in [-0.15, -0.1) is 0 Å². The minimum Gasteiger partial charge on any atom is -0.437 e. The molecule has 0 unspecified atom stereocenters. The van der Waals surface area contributed by atoms with Gasteiger partial charge in [0.2, 0.25) is 11.1 Å². The van der Waals surface area contributed by atoms with E-state index >= 15 is 0 Å². The molecule has 0 aliphatic rings. The highest BCUT2D eigenvalue weighted by Crippen LogP contribution is 2.37. The average molecular weight is 372 g/mol. The summed E-state index contributed by atoms with van der Waals surface area (Å²) in [5, 5.41) is 22.1. The first kappa shape index (κ1) is 17.4. The maximum atomic E-state index is 9.72. The zero-order chi connectivity index (χ0) is 20.0. The molecule has 0 saturated heterocycles. The lowest BCUT2D eigenvalue weighted by molar-refractivity contribution is 0.619. The molecule has 8 heteroatoms. The fraction of sp³-hybridized carbons (Fsp3) is 0.200. The summed E-state index contributed by atoms with van der Waals surface area (Å²) in [5.74, 6) is 0.207. The number of pyridine rings is 2. The lowest BCUT2D eigenvalue weighted by Crippen LogP contribution is -2.29. The summed E-state index contributed by atoms with van der Waals surface area (Å²) in [5.41, 5.74) is 13.7. The fourth-order valence-electron chi connectivity index (χ4n) is 3.66. The molecule has 3 heterocycles. The highest BCUT2D eigenvalue weighted by atomic mass is 16.3. The van der Waals surface area contributed by atoms with E-state index in [1.807, 2.05) is 24.3 Å². The number of hydrogen-bond donors (Lipinski definition) is 3. The van der Waals surface area contributed by atoms with E-state index in [4.69, 9.17) is 15.9 Å². The predicted molar refractivity (Wildman–Crippen MR) is 108 cm³/mol. The number of nitriles is 2. The number of aromatic nitrogens is 2. The molecule has 4 rings (SSSR count). The molecule has 1 aromatic carbocycles. The molecule has 138 valence electrons. The summed E-state index contributed by atoms with van der Waals surface area (Å²) in [4.78, 5) is 7.19. The van der Waals surface area contributed by atoms with E-state index in [2.05, 4.69) is 34.5 Å². The van der Waals surface area contributed by atoms with Gasteiger partial charge in [-0.2, -0.15) is 15.5 Å². The summed E-state index contributed by atoms with van der Waals surface area (Å²) < 4.78 is 8.24. The lowest BCUT2D eigenvalue weighted by Gasteiger charge is -2.13. The Kier molecular flexibility index (Phi) is 3.90. The molecule has 0 radical (unpaired) electrons. The van der Waals surface area contributed by atoms with Crippen LogP contribution in [0.25, 0.3) is 33.0 Å². The Morgan fingerprint density at radius 1 is 1.11 bits per heavy atom. The van der Waals surface area contributed by atoms with E-state index in [-0.39, 0.29) is 28.5 Å². The van der Waals surface area contributed by atoms with Crippen molar-refractivity contribution in [1.82, 2.24) is 14.5 Å². The number of nitrogen functional groups attached to an aromatic ring is 2. The molecule has 0 aliphatic carbocycles. The number of nitrogens with one attached hydrogen (secondary N) is 1. The third kappa shape index (κ3) is 2.29. The highest BCUT2D eigenvalue weighted by Gasteiger charge is 2.21. The first-order valence-corrected chi connectivity index (χ1v) is 8.89. The first-order valence-electron chi connectivity index (χ1n) is 8.89. The monoisotopic (exact) mass is 372 g/mol. The van der Waals surface area contributed by atoms with Gasteiger partial charge in [-0.1, -0.05) is 0 Å². The van der Waals surface area contributed by atoms with Gasteiger partial charge in [0.1, 0.15) is 53.6 Å². The molecule has 0 amide bonds. The standard InChI is InChI=1S/C20H17N7O/c1-3-27(4-2)10-5-6-11-14(7-10)28-20-16-15(11)12(8-21)18(23)25-17(16)13(9-22)19(24)26-20/h5-7H,3-4H2,1-2H3,(H4,23,24,25,26)/p+1. The van der Waals surface area contributed by atoms with Gasteiger partial charge in [0.05, 0.1) is 17.0 Å². The Balaban J connectivity index is 2.34. The zero-order valence-corrected chi connectivity index (χ0v) is 15.5. The number of benzene rings is 1. The lowest BCUT2D eigenvalue weighted by atomic mass is 10.0. The molecule has 8 nitrogen and oxygen atoms in total. The third-order valence-corrected chi connectivity index (χ3v) is 5.01. The second-order valence-corrected chi connectivity index (χ2v) is 6.39. The number of hydrogen-bond acceptors (Lipinski definition) is 6. The second kappa shape index (κ2) is 6.29. The van der Waals surface area contributed by atoms with Crippen LogP contribution in [0, 0.1) is 22.7 Å². The zero-order valence-electron chi connectivity index (χ0n) is 15.5. The summed E-state index contributed by atoms with van der Waals surface area (Å²) in [7, 11) is 0. The van der Waals surface area contributed by atoms with Crippen LogP contribution in [-0.4, -0.2) is 23.1 Å². The van der Waals surface area contributed by atoms with Gasteiger partial charge in [-0.3, -0.25) is 0 Å². The van der Waals surface area contributed by atoms with Crippen molar-refractivity contribution in [3.05, 3.63) is 34.7 Å². The summed E-state index contributed by atoms with van der Waals surface area (Å²) in [6, 6.07) is 10.0. The van der Waals surface area contributed by atoms with Crippen LogP contribution in [0.1, 0.15) is 25.0 Å². The Labute approximate surface area is 159 Å². The van der Waals surface area contributed by atoms with Gasteiger partial charge in [-0.25, -0.2) is 4.58 Å². The van der Waals surface area contributed by atoms with E-state index in [1.165, 1.54) is 0 Å². The van der Waals surface area contributed by atoms with Crippen molar-refractivity contribution < 1.29 is 4.42 Å². The van der Waals surface area contributed by atoms with Crippen molar-refractivity contribution >= 4 is 44.6 Å². The molecule has 0 bridgehead atoms. The molecule has 0 atom stereocenters. The Bertz CT molecular complexity index is 1420. The number of nitrogens with zero attached hydrogens (tertiary/aromatic N) is 4. The van der Waals surface area contributed by atoms with Gasteiger partial charge in [0, 0.05) is 16.8 Å². The number of rotatable bonds is 2. The van der Waals surface area contributed by atoms with Crippen molar-refractivity contribution in [2.75, 3.05) is 24.6 Å². The summed E-state index contributed by atoms with van der Waals surface area (Å²) in [6.45, 7) is 5.86. The maximum absolute atomic E-state index is 9.72. The minimum atomic E-state index is 0.0413. The van der Waals surface area contributed by atoms with Crippen LogP contribution in [-0.2, 0) is 0 Å². The molecule has 5 N–H and O–H groups in total. The first-order chi connectivity index (χ1) is 13.5. The van der Waals surface area contributed by atoms with E-state index in [9.17, 15) is 10.5 Å². The maximum Gasteiger partial charge on any atom is 0.231 e. The predicted octanol–water partition coefficient (Wildman–Crippen LogP) is 2.18. The van der Waals surface area contributed by atoms with E-state index < -0.39 is 0 Å². The Morgan fingerprint density at radius 2 is 1.82 bits per heavy atom. The quantitative estimate of drug-likeness (QED) is 0.279. The Morgan fingerprint density at radius 3 is 2.46 bits per heavy atom. The SMILES string of the molecule is CC[N+](CC)=c1ccc2c(c1)oc1nc(N)c(C#N)c3[nH]c(N)c(C#N)c2c13. The van der Waals surface area contributed by atoms with Crippen LogP contribution >= 0.6 is 0 Å². The van der Waals surface area contributed by atoms with Crippen molar-refractivity contribution in [2.24, 2.45) is 0 Å². The summed E-state index contributed by atoms with van der Waals surface area (Å²) in [6.07, 6.45) is 0. The topological polar surface area (TPSA) is 144 Å². The second-order valence-electron chi connectivity index (χ2n) is 6.39. The van der Waals surface area contributed by atoms with Crippen LogP contribution in [0.5, 0.6) is 0 Å². The molecular weight excluding hydrogens is 354 g/mol. The normalized spacial score (nSPS) is 11.0. The minimum absolute atomic E-state index is 0.0413. The van der Waals surface area contributed by atoms with Crippen LogP contribution in [0.4, 0.5) is 11.6 Å². The van der Waals surface area contributed by atoms with Gasteiger partial charge in [0.25, 0.3) is 0 Å². The van der Waals surface area contributed by atoms with Crippen molar-refractivity contribution in [3.8, 4) is 12.1 Å². The van der Waals surface area contributed by atoms with Gasteiger partial charge in [0.15, 0.2) is 0 Å². The molecule has 0 fully saturated rings.